The number of alkyl halides is 1. The van der Waals surface area contributed by atoms with Gasteiger partial charge in [-0.15, -0.1) is 11.6 Å². The lowest BCUT2D eigenvalue weighted by Crippen LogP contribution is -2.09. The second-order valence-corrected chi connectivity index (χ2v) is 4.83. The Morgan fingerprint density at radius 2 is 2.06 bits per heavy atom. The van der Waals surface area contributed by atoms with Crippen molar-refractivity contribution in [3.05, 3.63) is 34.9 Å². The summed E-state index contributed by atoms with van der Waals surface area (Å²) in [7, 11) is 0. The van der Waals surface area contributed by atoms with E-state index in [1.165, 1.54) is 16.7 Å². The quantitative estimate of drug-likeness (QED) is 0.542. The molecule has 0 aliphatic heterocycles. The zero-order chi connectivity index (χ0) is 12.0. The van der Waals surface area contributed by atoms with E-state index in [0.29, 0.717) is 0 Å². The first-order valence-electron chi connectivity index (χ1n) is 5.91. The average Bonchev–Trinajstić information content (AvgIpc) is 2.24. The van der Waals surface area contributed by atoms with Crippen LogP contribution in [0.3, 0.4) is 0 Å². The van der Waals surface area contributed by atoms with Crippen LogP contribution in [0.25, 0.3) is 0 Å². The van der Waals surface area contributed by atoms with Gasteiger partial charge in [-0.25, -0.2) is 0 Å². The van der Waals surface area contributed by atoms with E-state index in [1.54, 1.807) is 0 Å². The molecule has 0 saturated heterocycles. The molecule has 0 aromatic heterocycles. The van der Waals surface area contributed by atoms with Gasteiger partial charge in [0.15, 0.2) is 0 Å². The Labute approximate surface area is 104 Å². The van der Waals surface area contributed by atoms with Gasteiger partial charge >= 0.3 is 0 Å². The van der Waals surface area contributed by atoms with Crippen molar-refractivity contribution in [2.75, 3.05) is 13.2 Å². The number of hydrogen-bond donors (Lipinski definition) is 0. The Morgan fingerprint density at radius 3 is 2.75 bits per heavy atom. The molecule has 90 valence electrons. The lowest BCUT2D eigenvalue weighted by Gasteiger charge is -2.12. The van der Waals surface area contributed by atoms with Gasteiger partial charge in [-0.3, -0.25) is 0 Å². The molecule has 2 heteroatoms. The van der Waals surface area contributed by atoms with Crippen LogP contribution >= 0.6 is 11.6 Å². The Bertz CT molecular complexity index is 323. The summed E-state index contributed by atoms with van der Waals surface area (Å²) < 4.78 is 5.31. The maximum atomic E-state index is 6.30. The van der Waals surface area contributed by atoms with Gasteiger partial charge in [-0.2, -0.15) is 0 Å². The van der Waals surface area contributed by atoms with E-state index in [9.17, 15) is 0 Å². The van der Waals surface area contributed by atoms with E-state index < -0.39 is 0 Å². The molecule has 0 spiro atoms. The van der Waals surface area contributed by atoms with Gasteiger partial charge < -0.3 is 4.74 Å². The largest absolute Gasteiger partial charge is 0.382 e. The monoisotopic (exact) mass is 240 g/mol. The number of halogens is 1. The molecule has 0 radical (unpaired) electrons. The highest BCUT2D eigenvalue weighted by Gasteiger charge is 2.08. The van der Waals surface area contributed by atoms with Crippen LogP contribution in [0.1, 0.15) is 30.0 Å². The van der Waals surface area contributed by atoms with Crippen LogP contribution in [0.5, 0.6) is 0 Å². The zero-order valence-corrected chi connectivity index (χ0v) is 11.2. The highest BCUT2D eigenvalue weighted by Crippen LogP contribution is 2.17. The van der Waals surface area contributed by atoms with Crippen molar-refractivity contribution in [1.29, 1.82) is 0 Å². The Kier molecular flexibility index (Phi) is 5.86. The van der Waals surface area contributed by atoms with Gasteiger partial charge in [0.1, 0.15) is 0 Å². The minimum Gasteiger partial charge on any atom is -0.382 e. The van der Waals surface area contributed by atoms with Gasteiger partial charge in [-0.05, 0) is 44.7 Å². The van der Waals surface area contributed by atoms with Crippen molar-refractivity contribution in [3.8, 4) is 0 Å². The molecule has 1 nitrogen and oxygen atoms in total. The number of benzene rings is 1. The molecule has 0 fully saturated rings. The third-order valence-electron chi connectivity index (χ3n) is 2.73. The van der Waals surface area contributed by atoms with Gasteiger partial charge in [-0.1, -0.05) is 23.8 Å². The maximum absolute atomic E-state index is 6.30. The summed E-state index contributed by atoms with van der Waals surface area (Å²) in [5, 5.41) is 0.173. The lowest BCUT2D eigenvalue weighted by molar-refractivity contribution is 0.144. The lowest BCUT2D eigenvalue weighted by atomic mass is 10.0. The molecular formula is C14H21ClO. The van der Waals surface area contributed by atoms with E-state index in [1.807, 2.05) is 6.92 Å². The van der Waals surface area contributed by atoms with Gasteiger partial charge in [0.05, 0.1) is 0 Å². The molecule has 0 amide bonds. The van der Waals surface area contributed by atoms with E-state index in [-0.39, 0.29) is 5.38 Å². The van der Waals surface area contributed by atoms with Crippen molar-refractivity contribution in [2.45, 2.75) is 39.0 Å². The summed E-state index contributed by atoms with van der Waals surface area (Å²) in [6.07, 6.45) is 1.85. The molecule has 0 saturated carbocycles. The summed E-state index contributed by atoms with van der Waals surface area (Å²) in [5.41, 5.74) is 3.98. The van der Waals surface area contributed by atoms with Gasteiger partial charge in [0.2, 0.25) is 0 Å². The van der Waals surface area contributed by atoms with Crippen LogP contribution < -0.4 is 0 Å². The minimum atomic E-state index is 0.173. The summed E-state index contributed by atoms with van der Waals surface area (Å²) in [6.45, 7) is 7.80. The Morgan fingerprint density at radius 1 is 1.31 bits per heavy atom. The predicted octanol–water partition coefficient (Wildman–Crippen LogP) is 3.88. The van der Waals surface area contributed by atoms with Crippen LogP contribution in [0.15, 0.2) is 18.2 Å². The van der Waals surface area contributed by atoms with E-state index in [0.717, 1.165) is 26.1 Å². The minimum absolute atomic E-state index is 0.173. The fraction of sp³-hybridized carbons (Fsp3) is 0.571. The third kappa shape index (κ3) is 4.54. The molecule has 1 rings (SSSR count). The normalized spacial score (nSPS) is 12.8. The van der Waals surface area contributed by atoms with E-state index in [4.69, 9.17) is 16.3 Å². The SMILES string of the molecule is CCOCCC(Cl)Cc1cc(C)ccc1C. The molecule has 0 heterocycles. The standard InChI is InChI=1S/C14H21ClO/c1-4-16-8-7-14(15)10-13-9-11(2)5-6-12(13)3/h5-6,9,14H,4,7-8,10H2,1-3H3. The first-order valence-corrected chi connectivity index (χ1v) is 6.35. The molecule has 1 atom stereocenters. The fourth-order valence-electron chi connectivity index (χ4n) is 1.72. The maximum Gasteiger partial charge on any atom is 0.0480 e. The number of aryl methyl sites for hydroxylation is 2. The summed E-state index contributed by atoms with van der Waals surface area (Å²) >= 11 is 6.30. The molecule has 1 unspecified atom stereocenters. The van der Waals surface area contributed by atoms with Crippen LogP contribution in [0, 0.1) is 13.8 Å². The van der Waals surface area contributed by atoms with Crippen molar-refractivity contribution in [2.24, 2.45) is 0 Å². The number of rotatable bonds is 6. The predicted molar refractivity (Wildman–Crippen MR) is 70.4 cm³/mol. The molecule has 16 heavy (non-hydrogen) atoms. The zero-order valence-electron chi connectivity index (χ0n) is 10.4. The Balaban J connectivity index is 2.48. The van der Waals surface area contributed by atoms with Crippen molar-refractivity contribution in [3.63, 3.8) is 0 Å². The van der Waals surface area contributed by atoms with E-state index in [2.05, 4.69) is 32.0 Å². The van der Waals surface area contributed by atoms with E-state index >= 15 is 0 Å². The van der Waals surface area contributed by atoms with Crippen molar-refractivity contribution in [1.82, 2.24) is 0 Å². The fourth-order valence-corrected chi connectivity index (χ4v) is 1.97. The van der Waals surface area contributed by atoms with Crippen LogP contribution in [-0.4, -0.2) is 18.6 Å². The third-order valence-corrected chi connectivity index (χ3v) is 3.10. The summed E-state index contributed by atoms with van der Waals surface area (Å²) in [5.74, 6) is 0. The highest BCUT2D eigenvalue weighted by atomic mass is 35.5. The highest BCUT2D eigenvalue weighted by molar-refractivity contribution is 6.20. The average molecular weight is 241 g/mol. The van der Waals surface area contributed by atoms with Crippen molar-refractivity contribution >= 4 is 11.6 Å². The number of hydrogen-bond acceptors (Lipinski definition) is 1. The molecule has 0 N–H and O–H groups in total. The Hall–Kier alpha value is -0.530. The van der Waals surface area contributed by atoms with Gasteiger partial charge in [0, 0.05) is 18.6 Å². The molecule has 1 aromatic rings. The topological polar surface area (TPSA) is 9.23 Å². The first kappa shape index (κ1) is 13.5. The number of ether oxygens (including phenoxy) is 1. The second kappa shape index (κ2) is 6.93. The van der Waals surface area contributed by atoms with Crippen molar-refractivity contribution < 1.29 is 4.74 Å². The molecule has 0 bridgehead atoms. The van der Waals surface area contributed by atoms with Crippen LogP contribution in [-0.2, 0) is 11.2 Å². The molecular weight excluding hydrogens is 220 g/mol. The summed E-state index contributed by atoms with van der Waals surface area (Å²) in [4.78, 5) is 0. The van der Waals surface area contributed by atoms with Crippen LogP contribution in [0.4, 0.5) is 0 Å². The molecule has 0 aliphatic rings. The van der Waals surface area contributed by atoms with Gasteiger partial charge in [0.25, 0.3) is 0 Å². The first-order chi connectivity index (χ1) is 7.63. The molecule has 0 aliphatic carbocycles. The summed E-state index contributed by atoms with van der Waals surface area (Å²) in [6, 6.07) is 6.53. The molecule has 1 aromatic carbocycles. The smallest absolute Gasteiger partial charge is 0.0480 e. The second-order valence-electron chi connectivity index (χ2n) is 4.22. The van der Waals surface area contributed by atoms with Crippen LogP contribution in [0.2, 0.25) is 0 Å².